The van der Waals surface area contributed by atoms with E-state index in [1.807, 2.05) is 24.3 Å². The molecule has 1 saturated heterocycles. The van der Waals surface area contributed by atoms with Crippen molar-refractivity contribution in [3.63, 3.8) is 0 Å². The third-order valence-electron chi connectivity index (χ3n) is 3.08. The Labute approximate surface area is 113 Å². The highest BCUT2D eigenvalue weighted by atomic mass is 32.2. The average Bonchev–Trinajstić information content (AvgIpc) is 2.45. The van der Waals surface area contributed by atoms with E-state index in [9.17, 15) is 0 Å². The fourth-order valence-electron chi connectivity index (χ4n) is 2.01. The van der Waals surface area contributed by atoms with Crippen LogP contribution in [0, 0.1) is 0 Å². The van der Waals surface area contributed by atoms with Crippen LogP contribution in [0.25, 0.3) is 0 Å². The molecule has 1 fully saturated rings. The zero-order valence-corrected chi connectivity index (χ0v) is 11.7. The summed E-state index contributed by atoms with van der Waals surface area (Å²) in [5.74, 6) is 4.34. The SMILES string of the molecule is COc1ccc(OCCNC2CCSCC2)cc1. The van der Waals surface area contributed by atoms with Crippen molar-refractivity contribution in [2.24, 2.45) is 0 Å². The molecule has 0 saturated carbocycles. The summed E-state index contributed by atoms with van der Waals surface area (Å²) in [7, 11) is 1.67. The summed E-state index contributed by atoms with van der Waals surface area (Å²) in [5.41, 5.74) is 0. The van der Waals surface area contributed by atoms with Crippen molar-refractivity contribution in [3.8, 4) is 11.5 Å². The Morgan fingerprint density at radius 2 is 1.83 bits per heavy atom. The highest BCUT2D eigenvalue weighted by Crippen LogP contribution is 2.18. The van der Waals surface area contributed by atoms with E-state index in [1.165, 1.54) is 24.3 Å². The van der Waals surface area contributed by atoms with Gasteiger partial charge in [0, 0.05) is 12.6 Å². The number of rotatable bonds is 6. The lowest BCUT2D eigenvalue weighted by Crippen LogP contribution is -2.35. The van der Waals surface area contributed by atoms with Crippen LogP contribution in [0.1, 0.15) is 12.8 Å². The number of nitrogens with one attached hydrogen (secondary N) is 1. The largest absolute Gasteiger partial charge is 0.497 e. The number of ether oxygens (including phenoxy) is 2. The average molecular weight is 267 g/mol. The van der Waals surface area contributed by atoms with Crippen molar-refractivity contribution in [2.45, 2.75) is 18.9 Å². The van der Waals surface area contributed by atoms with E-state index < -0.39 is 0 Å². The van der Waals surface area contributed by atoms with Crippen LogP contribution in [0.5, 0.6) is 11.5 Å². The standard InChI is InChI=1S/C14H21NO2S/c1-16-13-2-4-14(5-3-13)17-9-8-15-12-6-10-18-11-7-12/h2-5,12,15H,6-11H2,1H3. The van der Waals surface area contributed by atoms with Gasteiger partial charge in [0.05, 0.1) is 7.11 Å². The molecule has 3 nitrogen and oxygen atoms in total. The minimum Gasteiger partial charge on any atom is -0.497 e. The maximum Gasteiger partial charge on any atom is 0.119 e. The smallest absolute Gasteiger partial charge is 0.119 e. The van der Waals surface area contributed by atoms with Gasteiger partial charge in [-0.3, -0.25) is 0 Å². The minimum atomic E-state index is 0.686. The number of hydrogen-bond donors (Lipinski definition) is 1. The van der Waals surface area contributed by atoms with Gasteiger partial charge in [-0.1, -0.05) is 0 Å². The highest BCUT2D eigenvalue weighted by molar-refractivity contribution is 7.99. The van der Waals surface area contributed by atoms with Crippen molar-refractivity contribution < 1.29 is 9.47 Å². The van der Waals surface area contributed by atoms with Crippen molar-refractivity contribution in [3.05, 3.63) is 24.3 Å². The second-order valence-electron chi connectivity index (χ2n) is 4.36. The molecule has 100 valence electrons. The molecule has 1 aromatic carbocycles. The second kappa shape index (κ2) is 7.54. The summed E-state index contributed by atoms with van der Waals surface area (Å²) in [4.78, 5) is 0. The molecule has 1 aromatic rings. The van der Waals surface area contributed by atoms with E-state index in [0.29, 0.717) is 6.04 Å². The molecule has 0 bridgehead atoms. The highest BCUT2D eigenvalue weighted by Gasteiger charge is 2.12. The minimum absolute atomic E-state index is 0.686. The van der Waals surface area contributed by atoms with Gasteiger partial charge in [-0.2, -0.15) is 11.8 Å². The molecule has 0 amide bonds. The first kappa shape index (κ1) is 13.6. The lowest BCUT2D eigenvalue weighted by molar-refractivity contribution is 0.301. The maximum absolute atomic E-state index is 5.67. The van der Waals surface area contributed by atoms with Gasteiger partial charge in [0.2, 0.25) is 0 Å². The summed E-state index contributed by atoms with van der Waals surface area (Å²) in [6.07, 6.45) is 2.57. The first-order valence-electron chi connectivity index (χ1n) is 6.46. The summed E-state index contributed by atoms with van der Waals surface area (Å²) < 4.78 is 10.8. The van der Waals surface area contributed by atoms with Gasteiger partial charge in [-0.15, -0.1) is 0 Å². The summed E-state index contributed by atoms with van der Waals surface area (Å²) in [6.45, 7) is 1.64. The molecular weight excluding hydrogens is 246 g/mol. The fourth-order valence-corrected chi connectivity index (χ4v) is 3.11. The maximum atomic E-state index is 5.67. The second-order valence-corrected chi connectivity index (χ2v) is 5.59. The summed E-state index contributed by atoms with van der Waals surface area (Å²) >= 11 is 2.06. The Balaban J connectivity index is 1.62. The Kier molecular flexibility index (Phi) is 5.68. The van der Waals surface area contributed by atoms with Crippen molar-refractivity contribution in [1.29, 1.82) is 0 Å². The zero-order valence-electron chi connectivity index (χ0n) is 10.9. The van der Waals surface area contributed by atoms with Gasteiger partial charge in [-0.25, -0.2) is 0 Å². The Bertz CT molecular complexity index is 336. The number of methoxy groups -OCH3 is 1. The van der Waals surface area contributed by atoms with E-state index in [4.69, 9.17) is 9.47 Å². The van der Waals surface area contributed by atoms with E-state index in [2.05, 4.69) is 17.1 Å². The van der Waals surface area contributed by atoms with Gasteiger partial charge in [0.25, 0.3) is 0 Å². The normalized spacial score (nSPS) is 16.5. The number of hydrogen-bond acceptors (Lipinski definition) is 4. The van der Waals surface area contributed by atoms with Crippen LogP contribution in [-0.2, 0) is 0 Å². The molecule has 1 heterocycles. The quantitative estimate of drug-likeness (QED) is 0.803. The summed E-state index contributed by atoms with van der Waals surface area (Å²) in [5, 5.41) is 3.55. The van der Waals surface area contributed by atoms with Crippen LogP contribution < -0.4 is 14.8 Å². The van der Waals surface area contributed by atoms with Crippen LogP contribution >= 0.6 is 11.8 Å². The Morgan fingerprint density at radius 1 is 1.17 bits per heavy atom. The first-order valence-corrected chi connectivity index (χ1v) is 7.62. The third kappa shape index (κ3) is 4.42. The van der Waals surface area contributed by atoms with Crippen molar-refractivity contribution in [2.75, 3.05) is 31.8 Å². The van der Waals surface area contributed by atoms with E-state index in [1.54, 1.807) is 7.11 Å². The molecule has 0 radical (unpaired) electrons. The predicted octanol–water partition coefficient (Wildman–Crippen LogP) is 2.56. The van der Waals surface area contributed by atoms with Crippen LogP contribution in [-0.4, -0.2) is 37.8 Å². The molecule has 1 aliphatic heterocycles. The molecule has 0 spiro atoms. The van der Waals surface area contributed by atoms with Gasteiger partial charge in [0.15, 0.2) is 0 Å². The van der Waals surface area contributed by atoms with Gasteiger partial charge >= 0.3 is 0 Å². The molecule has 2 rings (SSSR count). The van der Waals surface area contributed by atoms with Gasteiger partial charge in [0.1, 0.15) is 18.1 Å². The lowest BCUT2D eigenvalue weighted by Gasteiger charge is -2.22. The number of benzene rings is 1. The molecule has 1 N–H and O–H groups in total. The van der Waals surface area contributed by atoms with Crippen LogP contribution in [0.2, 0.25) is 0 Å². The molecule has 1 aliphatic rings. The van der Waals surface area contributed by atoms with E-state index in [0.717, 1.165) is 24.7 Å². The molecule has 4 heteroatoms. The fraction of sp³-hybridized carbons (Fsp3) is 0.571. The monoisotopic (exact) mass is 267 g/mol. The first-order chi connectivity index (χ1) is 8.88. The van der Waals surface area contributed by atoms with Crippen LogP contribution in [0.4, 0.5) is 0 Å². The summed E-state index contributed by atoms with van der Waals surface area (Å²) in [6, 6.07) is 8.40. The molecule has 0 unspecified atom stereocenters. The lowest BCUT2D eigenvalue weighted by atomic mass is 10.1. The molecule has 0 aliphatic carbocycles. The number of thioether (sulfide) groups is 1. The molecule has 0 atom stereocenters. The zero-order chi connectivity index (χ0) is 12.6. The van der Waals surface area contributed by atoms with Crippen molar-refractivity contribution in [1.82, 2.24) is 5.32 Å². The van der Waals surface area contributed by atoms with Crippen molar-refractivity contribution >= 4 is 11.8 Å². The topological polar surface area (TPSA) is 30.5 Å². The predicted molar refractivity (Wildman–Crippen MR) is 76.8 cm³/mol. The Morgan fingerprint density at radius 3 is 2.50 bits per heavy atom. The van der Waals surface area contributed by atoms with Gasteiger partial charge in [-0.05, 0) is 48.6 Å². The van der Waals surface area contributed by atoms with Crippen LogP contribution in [0.3, 0.4) is 0 Å². The molecular formula is C14H21NO2S. The van der Waals surface area contributed by atoms with E-state index in [-0.39, 0.29) is 0 Å². The van der Waals surface area contributed by atoms with E-state index >= 15 is 0 Å². The van der Waals surface area contributed by atoms with Gasteiger partial charge < -0.3 is 14.8 Å². The third-order valence-corrected chi connectivity index (χ3v) is 4.13. The Hall–Kier alpha value is -0.870. The molecule has 0 aromatic heterocycles. The van der Waals surface area contributed by atoms with Crippen LogP contribution in [0.15, 0.2) is 24.3 Å². The molecule has 18 heavy (non-hydrogen) atoms.